The Morgan fingerprint density at radius 3 is 2.58 bits per heavy atom. The molecule has 2 aromatic carbocycles. The lowest BCUT2D eigenvalue weighted by atomic mass is 10.2. The third-order valence-electron chi connectivity index (χ3n) is 3.24. The first kappa shape index (κ1) is 15.9. The number of hydrogen-bond donors (Lipinski definition) is 2. The molecule has 24 heavy (non-hydrogen) atoms. The Hall–Kier alpha value is -2.93. The first-order valence-electron chi connectivity index (χ1n) is 7.25. The summed E-state index contributed by atoms with van der Waals surface area (Å²) in [6, 6.07) is 14.3. The minimum Gasteiger partial charge on any atom is -0.484 e. The van der Waals surface area contributed by atoms with Crippen molar-refractivity contribution in [2.24, 2.45) is 5.73 Å². The molecule has 3 N–H and O–H groups in total. The van der Waals surface area contributed by atoms with E-state index in [0.29, 0.717) is 17.9 Å². The summed E-state index contributed by atoms with van der Waals surface area (Å²) in [5.41, 5.74) is 6.44. The number of hydrogen-bond acceptors (Lipinski definition) is 5. The summed E-state index contributed by atoms with van der Waals surface area (Å²) in [5.74, 6) is -0.264. The predicted molar refractivity (Wildman–Crippen MR) is 91.9 cm³/mol. The van der Waals surface area contributed by atoms with Crippen LogP contribution in [0.15, 0.2) is 48.5 Å². The lowest BCUT2D eigenvalue weighted by Gasteiger charge is -2.06. The molecule has 0 aliphatic rings. The number of carbonyl (C=O) groups is 2. The fraction of sp³-hybridized carbons (Fsp3) is 0.118. The SMILES string of the molecule is NC(=O)COc1ccc(C(=O)NCc2nc3ccccc3s2)cc1. The van der Waals surface area contributed by atoms with Gasteiger partial charge in [-0.3, -0.25) is 9.59 Å². The Morgan fingerprint density at radius 1 is 1.12 bits per heavy atom. The molecule has 1 heterocycles. The van der Waals surface area contributed by atoms with Crippen molar-refractivity contribution in [3.63, 3.8) is 0 Å². The maximum atomic E-state index is 12.2. The van der Waals surface area contributed by atoms with Crippen LogP contribution < -0.4 is 15.8 Å². The number of nitrogens with two attached hydrogens (primary N) is 1. The van der Waals surface area contributed by atoms with E-state index >= 15 is 0 Å². The Balaban J connectivity index is 1.59. The number of ether oxygens (including phenoxy) is 1. The molecule has 3 rings (SSSR count). The van der Waals surface area contributed by atoms with Gasteiger partial charge in [-0.1, -0.05) is 12.1 Å². The second-order valence-corrected chi connectivity index (χ2v) is 6.15. The van der Waals surface area contributed by atoms with Crippen LogP contribution in [0.5, 0.6) is 5.75 Å². The first-order valence-corrected chi connectivity index (χ1v) is 8.07. The number of primary amides is 1. The maximum absolute atomic E-state index is 12.2. The highest BCUT2D eigenvalue weighted by Gasteiger charge is 2.08. The molecule has 0 saturated carbocycles. The largest absolute Gasteiger partial charge is 0.484 e. The van der Waals surface area contributed by atoms with Crippen molar-refractivity contribution in [3.05, 3.63) is 59.1 Å². The van der Waals surface area contributed by atoms with Crippen LogP contribution in [0.1, 0.15) is 15.4 Å². The molecule has 0 saturated heterocycles. The highest BCUT2D eigenvalue weighted by Crippen LogP contribution is 2.21. The highest BCUT2D eigenvalue weighted by atomic mass is 32.1. The molecular formula is C17H15N3O3S. The van der Waals surface area contributed by atoms with E-state index < -0.39 is 5.91 Å². The molecule has 0 fully saturated rings. The zero-order valence-electron chi connectivity index (χ0n) is 12.7. The number of amides is 2. The maximum Gasteiger partial charge on any atom is 0.255 e. The number of benzene rings is 2. The number of thiazole rings is 1. The number of fused-ring (bicyclic) bond motifs is 1. The Bertz CT molecular complexity index is 841. The van der Waals surface area contributed by atoms with Gasteiger partial charge in [0, 0.05) is 5.56 Å². The molecule has 7 heteroatoms. The van der Waals surface area contributed by atoms with Crippen LogP contribution in [0.2, 0.25) is 0 Å². The Morgan fingerprint density at radius 2 is 1.88 bits per heavy atom. The van der Waals surface area contributed by atoms with Crippen LogP contribution in [0, 0.1) is 0 Å². The number of nitrogens with zero attached hydrogens (tertiary/aromatic N) is 1. The van der Waals surface area contributed by atoms with E-state index in [1.165, 1.54) is 0 Å². The van der Waals surface area contributed by atoms with Gasteiger partial charge in [-0.2, -0.15) is 0 Å². The van der Waals surface area contributed by atoms with Crippen LogP contribution in [0.3, 0.4) is 0 Å². The van der Waals surface area contributed by atoms with Crippen molar-refractivity contribution in [3.8, 4) is 5.75 Å². The standard InChI is InChI=1S/C17H15N3O3S/c18-15(21)10-23-12-7-5-11(6-8-12)17(22)19-9-16-20-13-3-1-2-4-14(13)24-16/h1-8H,9-10H2,(H2,18,21)(H,19,22). The van der Waals surface area contributed by atoms with Crippen molar-refractivity contribution in [1.29, 1.82) is 0 Å². The Kier molecular flexibility index (Phi) is 4.72. The van der Waals surface area contributed by atoms with Gasteiger partial charge in [0.05, 0.1) is 16.8 Å². The number of rotatable bonds is 6. The summed E-state index contributed by atoms with van der Waals surface area (Å²) in [7, 11) is 0. The lowest BCUT2D eigenvalue weighted by Crippen LogP contribution is -2.22. The van der Waals surface area contributed by atoms with Gasteiger partial charge >= 0.3 is 0 Å². The van der Waals surface area contributed by atoms with Gasteiger partial charge in [0.2, 0.25) is 0 Å². The van der Waals surface area contributed by atoms with E-state index in [9.17, 15) is 9.59 Å². The topological polar surface area (TPSA) is 94.3 Å². The van der Waals surface area contributed by atoms with E-state index in [2.05, 4.69) is 10.3 Å². The highest BCUT2D eigenvalue weighted by molar-refractivity contribution is 7.18. The fourth-order valence-electron chi connectivity index (χ4n) is 2.11. The van der Waals surface area contributed by atoms with Crippen LogP contribution >= 0.6 is 11.3 Å². The van der Waals surface area contributed by atoms with Crippen molar-refractivity contribution in [2.45, 2.75) is 6.54 Å². The summed E-state index contributed by atoms with van der Waals surface area (Å²) in [6.07, 6.45) is 0. The number of carbonyl (C=O) groups excluding carboxylic acids is 2. The molecular weight excluding hydrogens is 326 g/mol. The summed E-state index contributed by atoms with van der Waals surface area (Å²) >= 11 is 1.56. The van der Waals surface area contributed by atoms with Crippen LogP contribution in [0.25, 0.3) is 10.2 Å². The van der Waals surface area contributed by atoms with Gasteiger partial charge in [-0.05, 0) is 36.4 Å². The third-order valence-corrected chi connectivity index (χ3v) is 4.27. The van der Waals surface area contributed by atoms with Gasteiger partial charge in [-0.15, -0.1) is 11.3 Å². The molecule has 0 spiro atoms. The van der Waals surface area contributed by atoms with Crippen LogP contribution in [-0.2, 0) is 11.3 Å². The van der Waals surface area contributed by atoms with Gasteiger partial charge < -0.3 is 15.8 Å². The molecule has 0 aliphatic carbocycles. The van der Waals surface area contributed by atoms with Crippen LogP contribution in [0.4, 0.5) is 0 Å². The zero-order valence-corrected chi connectivity index (χ0v) is 13.5. The normalized spacial score (nSPS) is 10.5. The molecule has 6 nitrogen and oxygen atoms in total. The average Bonchev–Trinajstić information content (AvgIpc) is 3.01. The second kappa shape index (κ2) is 7.10. The van der Waals surface area contributed by atoms with E-state index in [1.54, 1.807) is 35.6 Å². The van der Waals surface area contributed by atoms with Gasteiger partial charge in [0.1, 0.15) is 10.8 Å². The van der Waals surface area contributed by atoms with Gasteiger partial charge in [0.15, 0.2) is 6.61 Å². The summed E-state index contributed by atoms with van der Waals surface area (Å²) in [4.78, 5) is 27.3. The average molecular weight is 341 g/mol. The van der Waals surface area contributed by atoms with Crippen molar-refractivity contribution in [1.82, 2.24) is 10.3 Å². The number of aromatic nitrogens is 1. The lowest BCUT2D eigenvalue weighted by molar-refractivity contribution is -0.119. The minimum absolute atomic E-state index is 0.191. The molecule has 1 aromatic heterocycles. The van der Waals surface area contributed by atoms with E-state index in [1.807, 2.05) is 24.3 Å². The van der Waals surface area contributed by atoms with Crippen molar-refractivity contribution < 1.29 is 14.3 Å². The summed E-state index contributed by atoms with van der Waals surface area (Å²) < 4.78 is 6.25. The molecule has 0 radical (unpaired) electrons. The molecule has 0 bridgehead atoms. The monoisotopic (exact) mass is 341 g/mol. The van der Waals surface area contributed by atoms with Gasteiger partial charge in [-0.25, -0.2) is 4.98 Å². The fourth-order valence-corrected chi connectivity index (χ4v) is 3.02. The minimum atomic E-state index is -0.548. The molecule has 0 aliphatic heterocycles. The molecule has 3 aromatic rings. The molecule has 0 atom stereocenters. The molecule has 122 valence electrons. The van der Waals surface area contributed by atoms with Crippen molar-refractivity contribution in [2.75, 3.05) is 6.61 Å². The number of nitrogens with one attached hydrogen (secondary N) is 1. The Labute approximate surface area is 142 Å². The number of para-hydroxylation sites is 1. The smallest absolute Gasteiger partial charge is 0.255 e. The van der Waals surface area contributed by atoms with Gasteiger partial charge in [0.25, 0.3) is 11.8 Å². The zero-order chi connectivity index (χ0) is 16.9. The van der Waals surface area contributed by atoms with Crippen LogP contribution in [-0.4, -0.2) is 23.4 Å². The predicted octanol–water partition coefficient (Wildman–Crippen LogP) is 2.09. The summed E-state index contributed by atoms with van der Waals surface area (Å²) in [6.45, 7) is 0.182. The van der Waals surface area contributed by atoms with E-state index in [4.69, 9.17) is 10.5 Å². The molecule has 0 unspecified atom stereocenters. The third kappa shape index (κ3) is 3.88. The van der Waals surface area contributed by atoms with Crippen molar-refractivity contribution >= 4 is 33.4 Å². The van der Waals surface area contributed by atoms with E-state index in [0.717, 1.165) is 15.2 Å². The quantitative estimate of drug-likeness (QED) is 0.718. The second-order valence-electron chi connectivity index (χ2n) is 5.04. The molecule has 2 amide bonds. The summed E-state index contributed by atoms with van der Waals surface area (Å²) in [5, 5.41) is 3.69. The first-order chi connectivity index (χ1) is 11.6. The van der Waals surface area contributed by atoms with E-state index in [-0.39, 0.29) is 12.5 Å².